The lowest BCUT2D eigenvalue weighted by atomic mass is 10.3. The second kappa shape index (κ2) is 6.12. The summed E-state index contributed by atoms with van der Waals surface area (Å²) in [6.45, 7) is 4.33. The summed E-state index contributed by atoms with van der Waals surface area (Å²) in [4.78, 5) is 0.0600. The molecule has 0 unspecified atom stereocenters. The second-order valence-electron chi connectivity index (χ2n) is 3.83. The Hall–Kier alpha value is -1.47. The predicted octanol–water partition coefficient (Wildman–Crippen LogP) is 1.32. The minimum Gasteiger partial charge on any atom is -0.495 e. The van der Waals surface area contributed by atoms with Crippen molar-refractivity contribution >= 4 is 15.7 Å². The van der Waals surface area contributed by atoms with Crippen LogP contribution >= 0.6 is 0 Å². The molecule has 6 nitrogen and oxygen atoms in total. The van der Waals surface area contributed by atoms with Gasteiger partial charge in [0.25, 0.3) is 0 Å². The molecular formula is C12H20N2O4S. The van der Waals surface area contributed by atoms with Crippen molar-refractivity contribution < 1.29 is 17.9 Å². The van der Waals surface area contributed by atoms with E-state index in [9.17, 15) is 8.42 Å². The number of sulfonamides is 1. The zero-order valence-corrected chi connectivity index (χ0v) is 12.5. The molecular weight excluding hydrogens is 268 g/mol. The van der Waals surface area contributed by atoms with Crippen molar-refractivity contribution in [2.45, 2.75) is 18.7 Å². The van der Waals surface area contributed by atoms with Gasteiger partial charge in [-0.25, -0.2) is 8.42 Å². The van der Waals surface area contributed by atoms with Crippen LogP contribution in [-0.2, 0) is 10.0 Å². The van der Waals surface area contributed by atoms with E-state index in [0.717, 1.165) is 0 Å². The van der Waals surface area contributed by atoms with Crippen molar-refractivity contribution in [1.82, 2.24) is 4.31 Å². The average molecular weight is 288 g/mol. The third-order valence-electron chi connectivity index (χ3n) is 2.84. The van der Waals surface area contributed by atoms with Crippen LogP contribution in [-0.4, -0.2) is 40.0 Å². The van der Waals surface area contributed by atoms with Gasteiger partial charge in [0, 0.05) is 25.2 Å². The molecule has 0 fully saturated rings. The second-order valence-corrected chi connectivity index (χ2v) is 5.74. The van der Waals surface area contributed by atoms with E-state index >= 15 is 0 Å². The van der Waals surface area contributed by atoms with Gasteiger partial charge in [-0.1, -0.05) is 13.8 Å². The molecule has 1 rings (SSSR count). The summed E-state index contributed by atoms with van der Waals surface area (Å²) in [6, 6.07) is 2.84. The summed E-state index contributed by atoms with van der Waals surface area (Å²) in [5.74, 6) is 0.525. The molecule has 0 bridgehead atoms. The molecule has 0 atom stereocenters. The van der Waals surface area contributed by atoms with Gasteiger partial charge >= 0.3 is 0 Å². The van der Waals surface area contributed by atoms with Crippen LogP contribution in [0.25, 0.3) is 0 Å². The van der Waals surface area contributed by atoms with Gasteiger partial charge in [-0.05, 0) is 0 Å². The number of anilines is 1. The number of ether oxygens (including phenoxy) is 2. The van der Waals surface area contributed by atoms with Crippen molar-refractivity contribution in [1.29, 1.82) is 0 Å². The number of rotatable bonds is 6. The minimum absolute atomic E-state index is 0.0600. The number of nitrogen functional groups attached to an aromatic ring is 1. The van der Waals surface area contributed by atoms with Crippen molar-refractivity contribution in [3.8, 4) is 11.5 Å². The van der Waals surface area contributed by atoms with Gasteiger partial charge < -0.3 is 15.2 Å². The number of hydrogen-bond acceptors (Lipinski definition) is 5. The van der Waals surface area contributed by atoms with E-state index in [1.807, 2.05) is 0 Å². The van der Waals surface area contributed by atoms with Crippen LogP contribution in [0.5, 0.6) is 11.5 Å². The van der Waals surface area contributed by atoms with Gasteiger partial charge in [-0.3, -0.25) is 0 Å². The lowest BCUT2D eigenvalue weighted by Gasteiger charge is -2.21. The van der Waals surface area contributed by atoms with E-state index in [2.05, 4.69) is 0 Å². The normalized spacial score (nSPS) is 11.6. The quantitative estimate of drug-likeness (QED) is 0.798. The number of nitrogens with two attached hydrogens (primary N) is 1. The van der Waals surface area contributed by atoms with Crippen LogP contribution in [0.3, 0.4) is 0 Å². The minimum atomic E-state index is -3.62. The number of nitrogens with zero attached hydrogens (tertiary/aromatic N) is 1. The molecule has 0 amide bonds. The standard InChI is InChI=1S/C12H20N2O4S/c1-5-14(6-2)19(15,16)12-8-10(17-3)9(13)7-11(12)18-4/h7-8H,5-6,13H2,1-4H3. The molecule has 108 valence electrons. The molecule has 0 aliphatic carbocycles. The number of benzene rings is 1. The lowest BCUT2D eigenvalue weighted by molar-refractivity contribution is 0.387. The summed E-state index contributed by atoms with van der Waals surface area (Å²) in [5, 5.41) is 0. The summed E-state index contributed by atoms with van der Waals surface area (Å²) < 4.78 is 36.5. The smallest absolute Gasteiger partial charge is 0.246 e. The van der Waals surface area contributed by atoms with Crippen molar-refractivity contribution in [2.75, 3.05) is 33.0 Å². The predicted molar refractivity (Wildman–Crippen MR) is 74.1 cm³/mol. The van der Waals surface area contributed by atoms with Crippen molar-refractivity contribution in [3.05, 3.63) is 12.1 Å². The van der Waals surface area contributed by atoms with Gasteiger partial charge in [0.1, 0.15) is 16.4 Å². The van der Waals surface area contributed by atoms with E-state index in [4.69, 9.17) is 15.2 Å². The van der Waals surface area contributed by atoms with Crippen LogP contribution in [0.15, 0.2) is 17.0 Å². The van der Waals surface area contributed by atoms with Crippen molar-refractivity contribution in [3.63, 3.8) is 0 Å². The molecule has 2 N–H and O–H groups in total. The Morgan fingerprint density at radius 1 is 1.11 bits per heavy atom. The highest BCUT2D eigenvalue weighted by Crippen LogP contribution is 2.35. The van der Waals surface area contributed by atoms with Gasteiger partial charge in [-0.2, -0.15) is 4.31 Å². The van der Waals surface area contributed by atoms with Gasteiger partial charge in [-0.15, -0.1) is 0 Å². The van der Waals surface area contributed by atoms with Crippen LogP contribution in [0.1, 0.15) is 13.8 Å². The van der Waals surface area contributed by atoms with E-state index in [0.29, 0.717) is 24.5 Å². The molecule has 0 saturated carbocycles. The van der Waals surface area contributed by atoms with Crippen LogP contribution in [0, 0.1) is 0 Å². The highest BCUT2D eigenvalue weighted by Gasteiger charge is 2.27. The molecule has 0 heterocycles. The van der Waals surface area contributed by atoms with E-state index in [1.165, 1.54) is 30.7 Å². The highest BCUT2D eigenvalue weighted by atomic mass is 32.2. The fourth-order valence-electron chi connectivity index (χ4n) is 1.80. The molecule has 0 saturated heterocycles. The largest absolute Gasteiger partial charge is 0.495 e. The fraction of sp³-hybridized carbons (Fsp3) is 0.500. The molecule has 0 spiro atoms. The van der Waals surface area contributed by atoms with E-state index < -0.39 is 10.0 Å². The molecule has 19 heavy (non-hydrogen) atoms. The van der Waals surface area contributed by atoms with Crippen LogP contribution in [0.2, 0.25) is 0 Å². The van der Waals surface area contributed by atoms with E-state index in [-0.39, 0.29) is 10.6 Å². The number of hydrogen-bond donors (Lipinski definition) is 1. The zero-order chi connectivity index (χ0) is 14.6. The summed E-state index contributed by atoms with van der Waals surface area (Å²) >= 11 is 0. The third-order valence-corrected chi connectivity index (χ3v) is 4.91. The first-order valence-corrected chi connectivity index (χ1v) is 7.37. The summed E-state index contributed by atoms with van der Waals surface area (Å²) in [7, 11) is -0.779. The Bertz CT molecular complexity index is 539. The van der Waals surface area contributed by atoms with Crippen LogP contribution < -0.4 is 15.2 Å². The maximum atomic E-state index is 12.5. The third kappa shape index (κ3) is 2.93. The fourth-order valence-corrected chi connectivity index (χ4v) is 3.41. The summed E-state index contributed by atoms with van der Waals surface area (Å²) in [6.07, 6.45) is 0. The first kappa shape index (κ1) is 15.6. The molecule has 1 aromatic carbocycles. The average Bonchev–Trinajstić information content (AvgIpc) is 2.39. The Balaban J connectivity index is 3.48. The Labute approximate surface area is 114 Å². The van der Waals surface area contributed by atoms with Crippen LogP contribution in [0.4, 0.5) is 5.69 Å². The Morgan fingerprint density at radius 2 is 1.63 bits per heavy atom. The Kier molecular flexibility index (Phi) is 5.02. The number of methoxy groups -OCH3 is 2. The monoisotopic (exact) mass is 288 g/mol. The van der Waals surface area contributed by atoms with Gasteiger partial charge in [0.2, 0.25) is 10.0 Å². The molecule has 1 aromatic rings. The SMILES string of the molecule is CCN(CC)S(=O)(=O)c1cc(OC)c(N)cc1OC. The zero-order valence-electron chi connectivity index (χ0n) is 11.6. The van der Waals surface area contributed by atoms with Gasteiger partial charge in [0.15, 0.2) is 0 Å². The molecule has 0 aliphatic rings. The first-order valence-electron chi connectivity index (χ1n) is 5.93. The summed E-state index contributed by atoms with van der Waals surface area (Å²) in [5.41, 5.74) is 6.08. The lowest BCUT2D eigenvalue weighted by Crippen LogP contribution is -2.31. The maximum absolute atomic E-state index is 12.5. The maximum Gasteiger partial charge on any atom is 0.246 e. The molecule has 0 aromatic heterocycles. The molecule has 0 radical (unpaired) electrons. The molecule has 0 aliphatic heterocycles. The topological polar surface area (TPSA) is 81.9 Å². The molecule has 7 heteroatoms. The van der Waals surface area contributed by atoms with Gasteiger partial charge in [0.05, 0.1) is 19.9 Å². The van der Waals surface area contributed by atoms with E-state index in [1.54, 1.807) is 13.8 Å². The Morgan fingerprint density at radius 3 is 2.05 bits per heavy atom. The first-order chi connectivity index (χ1) is 8.92. The highest BCUT2D eigenvalue weighted by molar-refractivity contribution is 7.89. The van der Waals surface area contributed by atoms with Crippen molar-refractivity contribution in [2.24, 2.45) is 0 Å².